The van der Waals surface area contributed by atoms with Gasteiger partial charge in [-0.1, -0.05) is 71.8 Å². The van der Waals surface area contributed by atoms with Gasteiger partial charge in [0.1, 0.15) is 24.7 Å². The number of hydrogen-bond donors (Lipinski definition) is 2. The molecule has 0 spiro atoms. The number of amides is 3. The molecule has 68 heavy (non-hydrogen) atoms. The summed E-state index contributed by atoms with van der Waals surface area (Å²) in [6.45, 7) is 9.93. The molecule has 4 atom stereocenters. The molecular weight excluding hydrogens is 895 g/mol. The number of benzene rings is 5. The van der Waals surface area contributed by atoms with Crippen molar-refractivity contribution >= 4 is 62.2 Å². The van der Waals surface area contributed by atoms with E-state index in [-0.39, 0.29) is 54.1 Å². The molecule has 0 aromatic heterocycles. The molecule has 4 aliphatic rings. The molecule has 4 heterocycles. The SMILES string of the molecule is CCC(=O)CCC(C)SSC(C)(C)C(=O)Nc1cc(COc2cc3c(cc2C)C(=O)N2c4ccccc4C[C@H]2C(O)C3)cc(COc2cc3c(cc2OC)C(=O)N2c4ccccc4C[C@H]2CC3)c1. The minimum absolute atomic E-state index is 0.0375. The zero-order valence-corrected chi connectivity index (χ0v) is 41.2. The molecule has 0 fully saturated rings. The van der Waals surface area contributed by atoms with Gasteiger partial charge >= 0.3 is 0 Å². The monoisotopic (exact) mass is 953 g/mol. The fourth-order valence-corrected chi connectivity index (χ4v) is 12.3. The highest BCUT2D eigenvalue weighted by Gasteiger charge is 2.42. The van der Waals surface area contributed by atoms with Crippen molar-refractivity contribution in [1.82, 2.24) is 0 Å². The highest BCUT2D eigenvalue weighted by molar-refractivity contribution is 8.77. The predicted molar refractivity (Wildman–Crippen MR) is 271 cm³/mol. The smallest absolute Gasteiger partial charge is 0.258 e. The van der Waals surface area contributed by atoms with Crippen molar-refractivity contribution in [2.45, 2.75) is 127 Å². The molecule has 13 heteroatoms. The average Bonchev–Trinajstić information content (AvgIpc) is 3.85. The molecule has 0 radical (unpaired) electrons. The number of methoxy groups -OCH3 is 1. The Morgan fingerprint density at radius 2 is 1.43 bits per heavy atom. The first kappa shape index (κ1) is 47.3. The number of aryl methyl sites for hydroxylation is 2. The summed E-state index contributed by atoms with van der Waals surface area (Å²) in [6, 6.07) is 28.9. The van der Waals surface area contributed by atoms with Gasteiger partial charge in [-0.05, 0) is 146 Å². The Kier molecular flexibility index (Phi) is 13.7. The first-order chi connectivity index (χ1) is 32.7. The molecular formula is C55H59N3O8S2. The van der Waals surface area contributed by atoms with Gasteiger partial charge in [0.25, 0.3) is 11.8 Å². The van der Waals surface area contributed by atoms with Gasteiger partial charge in [-0.2, -0.15) is 0 Å². The molecule has 9 rings (SSSR count). The maximum atomic E-state index is 14.1. The number of aliphatic hydroxyl groups excluding tert-OH is 1. The van der Waals surface area contributed by atoms with Gasteiger partial charge in [-0.25, -0.2) is 0 Å². The minimum Gasteiger partial charge on any atom is -0.493 e. The summed E-state index contributed by atoms with van der Waals surface area (Å²) in [5, 5.41) is 14.8. The summed E-state index contributed by atoms with van der Waals surface area (Å²) < 4.78 is 18.1. The van der Waals surface area contributed by atoms with E-state index in [9.17, 15) is 24.3 Å². The number of para-hydroxylation sites is 2. The van der Waals surface area contributed by atoms with E-state index in [1.165, 1.54) is 16.4 Å². The number of carbonyl (C=O) groups excluding carboxylic acids is 4. The third-order valence-electron chi connectivity index (χ3n) is 13.7. The lowest BCUT2D eigenvalue weighted by molar-refractivity contribution is -0.119. The van der Waals surface area contributed by atoms with Crippen LogP contribution in [0, 0.1) is 6.92 Å². The van der Waals surface area contributed by atoms with Crippen molar-refractivity contribution in [2.75, 3.05) is 22.2 Å². The predicted octanol–water partition coefficient (Wildman–Crippen LogP) is 10.4. The molecule has 0 saturated heterocycles. The number of anilines is 3. The van der Waals surface area contributed by atoms with Crippen molar-refractivity contribution in [2.24, 2.45) is 0 Å². The van der Waals surface area contributed by atoms with Gasteiger partial charge in [0.05, 0.1) is 24.0 Å². The van der Waals surface area contributed by atoms with E-state index in [1.807, 2.05) is 111 Å². The number of rotatable bonds is 16. The molecule has 0 saturated carbocycles. The van der Waals surface area contributed by atoms with E-state index < -0.39 is 10.9 Å². The molecule has 2 unspecified atom stereocenters. The fraction of sp³-hybridized carbons (Fsp3) is 0.382. The van der Waals surface area contributed by atoms with E-state index in [0.29, 0.717) is 66.2 Å². The molecule has 5 aromatic carbocycles. The Labute approximate surface area is 406 Å². The Morgan fingerprint density at radius 1 is 0.794 bits per heavy atom. The number of hydrogen-bond acceptors (Lipinski definition) is 10. The maximum absolute atomic E-state index is 14.1. The van der Waals surface area contributed by atoms with Gasteiger partial charge in [-0.3, -0.25) is 19.2 Å². The molecule has 4 aliphatic heterocycles. The van der Waals surface area contributed by atoms with Crippen molar-refractivity contribution in [3.05, 3.63) is 141 Å². The second-order valence-electron chi connectivity index (χ2n) is 19.0. The van der Waals surface area contributed by atoms with Crippen LogP contribution in [-0.2, 0) is 48.5 Å². The summed E-state index contributed by atoms with van der Waals surface area (Å²) in [7, 11) is 4.67. The van der Waals surface area contributed by atoms with Gasteiger partial charge in [0.2, 0.25) is 5.91 Å². The lowest BCUT2D eigenvalue weighted by Gasteiger charge is -2.26. The number of nitrogens with zero attached hydrogens (tertiary/aromatic N) is 2. The van der Waals surface area contributed by atoms with Gasteiger partial charge < -0.3 is 34.4 Å². The van der Waals surface area contributed by atoms with E-state index in [4.69, 9.17) is 14.2 Å². The fourth-order valence-electron chi connectivity index (χ4n) is 9.86. The Bertz CT molecular complexity index is 2790. The number of aliphatic hydroxyl groups is 1. The zero-order valence-electron chi connectivity index (χ0n) is 39.6. The van der Waals surface area contributed by atoms with Gasteiger partial charge in [-0.15, -0.1) is 0 Å². The normalized spacial score (nSPS) is 18.5. The third-order valence-corrected chi connectivity index (χ3v) is 17.5. The van der Waals surface area contributed by atoms with E-state index in [2.05, 4.69) is 18.3 Å². The van der Waals surface area contributed by atoms with Crippen molar-refractivity contribution < 1.29 is 38.5 Å². The van der Waals surface area contributed by atoms with Crippen LogP contribution in [0.15, 0.2) is 91.0 Å². The van der Waals surface area contributed by atoms with Crippen LogP contribution in [0.5, 0.6) is 17.2 Å². The van der Waals surface area contributed by atoms with E-state index >= 15 is 0 Å². The number of fused-ring (bicyclic) bond motifs is 8. The number of carbonyl (C=O) groups is 4. The maximum Gasteiger partial charge on any atom is 0.258 e. The average molecular weight is 954 g/mol. The van der Waals surface area contributed by atoms with Crippen LogP contribution in [0.3, 0.4) is 0 Å². The highest BCUT2D eigenvalue weighted by atomic mass is 33.1. The molecule has 11 nitrogen and oxygen atoms in total. The molecule has 354 valence electrons. The second-order valence-corrected chi connectivity index (χ2v) is 22.2. The Balaban J connectivity index is 0.960. The Morgan fingerprint density at radius 3 is 2.13 bits per heavy atom. The standard InChI is InChI=1S/C55H59N3O8S2/c1-7-42(59)19-16-33(3)67-68-55(4,5)54(63)56-40-22-34(30-65-49-28-39-26-48(60)47-25-38-13-9-11-15-46(38)58(47)53(62)43(39)20-32(49)2)21-35(23-40)31-66-51-27-36-17-18-41-24-37-12-8-10-14-45(37)57(41)52(61)44(36)29-50(51)64-6/h8-15,20-23,27-29,33,41,47-48,60H,7,16-19,24-26,30-31H2,1-6H3,(H,56,63)/t33?,41-,47+,48?/m1/s1. The van der Waals surface area contributed by atoms with Crippen LogP contribution in [0.1, 0.15) is 113 Å². The molecule has 2 N–H and O–H groups in total. The number of Topliss-reactive ketones (excluding diaryl/α,β-unsaturated/α-hetero) is 1. The lowest BCUT2D eigenvalue weighted by atomic mass is 9.96. The zero-order chi connectivity index (χ0) is 47.9. The van der Waals surface area contributed by atoms with Crippen molar-refractivity contribution in [3.63, 3.8) is 0 Å². The second kappa shape index (κ2) is 19.7. The first-order valence-corrected chi connectivity index (χ1v) is 25.8. The Hall–Kier alpha value is -5.76. The summed E-state index contributed by atoms with van der Waals surface area (Å²) in [6.07, 6.45) is 4.32. The molecule has 0 bridgehead atoms. The van der Waals surface area contributed by atoms with Crippen molar-refractivity contribution in [1.29, 1.82) is 0 Å². The quantitative estimate of drug-likeness (QED) is 0.0921. The van der Waals surface area contributed by atoms with Gasteiger partial charge in [0, 0.05) is 58.7 Å². The van der Waals surface area contributed by atoms with Crippen LogP contribution in [0.2, 0.25) is 0 Å². The lowest BCUT2D eigenvalue weighted by Crippen LogP contribution is -2.43. The van der Waals surface area contributed by atoms with Crippen LogP contribution in [-0.4, -0.2) is 63.9 Å². The van der Waals surface area contributed by atoms with E-state index in [1.54, 1.807) is 28.9 Å². The summed E-state index contributed by atoms with van der Waals surface area (Å²) in [5.41, 5.74) is 9.77. The van der Waals surface area contributed by atoms with Crippen molar-refractivity contribution in [3.8, 4) is 17.2 Å². The third kappa shape index (κ3) is 9.62. The topological polar surface area (TPSA) is 135 Å². The number of ether oxygens (including phenoxy) is 3. The number of ketones is 1. The van der Waals surface area contributed by atoms with E-state index in [0.717, 1.165) is 64.0 Å². The number of nitrogens with one attached hydrogen (secondary N) is 1. The first-order valence-electron chi connectivity index (χ1n) is 23.6. The van der Waals surface area contributed by atoms with Gasteiger partial charge in [0.15, 0.2) is 11.5 Å². The molecule has 0 aliphatic carbocycles. The summed E-state index contributed by atoms with van der Waals surface area (Å²) in [4.78, 5) is 57.9. The largest absolute Gasteiger partial charge is 0.493 e. The summed E-state index contributed by atoms with van der Waals surface area (Å²) >= 11 is 0. The van der Waals surface area contributed by atoms with Crippen LogP contribution < -0.4 is 29.3 Å². The molecule has 5 aromatic rings. The highest BCUT2D eigenvalue weighted by Crippen LogP contribution is 2.43. The van der Waals surface area contributed by atoms with Crippen LogP contribution in [0.25, 0.3) is 0 Å². The summed E-state index contributed by atoms with van der Waals surface area (Å²) in [5.74, 6) is 1.46. The van der Waals surface area contributed by atoms with Crippen LogP contribution >= 0.6 is 21.6 Å². The molecule has 3 amide bonds. The minimum atomic E-state index is -0.807. The van der Waals surface area contributed by atoms with Crippen LogP contribution in [0.4, 0.5) is 17.1 Å².